The van der Waals surface area contributed by atoms with Crippen molar-refractivity contribution in [1.82, 2.24) is 14.8 Å². The molecule has 0 spiro atoms. The van der Waals surface area contributed by atoms with Gasteiger partial charge in [-0.3, -0.25) is 0 Å². The van der Waals surface area contributed by atoms with E-state index in [1.807, 2.05) is 0 Å². The van der Waals surface area contributed by atoms with Crippen molar-refractivity contribution in [3.8, 4) is 11.4 Å². The second-order valence-corrected chi connectivity index (χ2v) is 4.56. The summed E-state index contributed by atoms with van der Waals surface area (Å²) in [6, 6.07) is 6.87. The lowest BCUT2D eigenvalue weighted by Crippen LogP contribution is -2.16. The summed E-state index contributed by atoms with van der Waals surface area (Å²) >= 11 is 0. The summed E-state index contributed by atoms with van der Waals surface area (Å²) in [7, 11) is 0. The molecule has 1 aromatic carbocycles. The molecule has 88 valence electrons. The molecule has 2 heterocycles. The Morgan fingerprint density at radius 2 is 2.00 bits per heavy atom. The van der Waals surface area contributed by atoms with Gasteiger partial charge in [-0.15, -0.1) is 10.2 Å². The van der Waals surface area contributed by atoms with Crippen molar-refractivity contribution in [1.29, 1.82) is 0 Å². The van der Waals surface area contributed by atoms with Gasteiger partial charge in [0.15, 0.2) is 5.82 Å². The number of rotatable bonds is 1. The van der Waals surface area contributed by atoms with Gasteiger partial charge in [0.2, 0.25) is 0 Å². The van der Waals surface area contributed by atoms with Gasteiger partial charge in [0, 0.05) is 18.0 Å². The Labute approximate surface area is 99.3 Å². The predicted octanol–water partition coefficient (Wildman–Crippen LogP) is 2.98. The molecular formula is C13H14FN3. The zero-order valence-corrected chi connectivity index (χ0v) is 9.73. The monoisotopic (exact) mass is 231 g/mol. The molecule has 0 radical (unpaired) electrons. The second-order valence-electron chi connectivity index (χ2n) is 4.56. The van der Waals surface area contributed by atoms with E-state index in [4.69, 9.17) is 0 Å². The van der Waals surface area contributed by atoms with E-state index in [1.54, 1.807) is 12.1 Å². The number of benzene rings is 1. The van der Waals surface area contributed by atoms with Crippen molar-refractivity contribution in [2.75, 3.05) is 0 Å². The van der Waals surface area contributed by atoms with Gasteiger partial charge in [-0.05, 0) is 44.0 Å². The molecule has 0 N–H and O–H groups in total. The predicted molar refractivity (Wildman–Crippen MR) is 63.1 cm³/mol. The van der Waals surface area contributed by atoms with Gasteiger partial charge >= 0.3 is 0 Å². The van der Waals surface area contributed by atoms with Gasteiger partial charge in [0.05, 0.1) is 0 Å². The van der Waals surface area contributed by atoms with Crippen LogP contribution in [0.25, 0.3) is 11.4 Å². The lowest BCUT2D eigenvalue weighted by molar-refractivity contribution is 0.429. The highest BCUT2D eigenvalue weighted by atomic mass is 19.1. The van der Waals surface area contributed by atoms with Gasteiger partial charge in [-0.2, -0.15) is 0 Å². The average molecular weight is 231 g/mol. The summed E-state index contributed by atoms with van der Waals surface area (Å²) in [5, 5.41) is 8.46. The fourth-order valence-corrected chi connectivity index (χ4v) is 2.44. The molecule has 4 heteroatoms. The molecule has 0 saturated heterocycles. The molecule has 1 unspecified atom stereocenters. The van der Waals surface area contributed by atoms with E-state index < -0.39 is 0 Å². The summed E-state index contributed by atoms with van der Waals surface area (Å²) in [5.74, 6) is 1.68. The zero-order valence-electron chi connectivity index (χ0n) is 9.73. The fraction of sp³-hybridized carbons (Fsp3) is 0.385. The number of halogens is 1. The van der Waals surface area contributed by atoms with E-state index in [2.05, 4.69) is 21.7 Å². The average Bonchev–Trinajstić information content (AvgIpc) is 2.75. The SMILES string of the molecule is CC1CCCc2nnc(-c3ccc(F)cc3)n21. The first kappa shape index (κ1) is 10.4. The van der Waals surface area contributed by atoms with Gasteiger partial charge in [0.1, 0.15) is 11.6 Å². The fourth-order valence-electron chi connectivity index (χ4n) is 2.44. The first-order valence-corrected chi connectivity index (χ1v) is 5.95. The van der Waals surface area contributed by atoms with Crippen molar-refractivity contribution in [3.05, 3.63) is 35.9 Å². The minimum atomic E-state index is -0.222. The Morgan fingerprint density at radius 3 is 2.76 bits per heavy atom. The molecule has 0 aliphatic carbocycles. The first-order valence-electron chi connectivity index (χ1n) is 5.95. The zero-order chi connectivity index (χ0) is 11.8. The number of fused-ring (bicyclic) bond motifs is 1. The molecule has 3 rings (SSSR count). The Bertz CT molecular complexity index is 530. The summed E-state index contributed by atoms with van der Waals surface area (Å²) < 4.78 is 15.1. The molecule has 0 fully saturated rings. The van der Waals surface area contributed by atoms with Crippen molar-refractivity contribution in [2.24, 2.45) is 0 Å². The number of hydrogen-bond acceptors (Lipinski definition) is 2. The quantitative estimate of drug-likeness (QED) is 0.755. The van der Waals surface area contributed by atoms with Crippen LogP contribution < -0.4 is 0 Å². The first-order chi connectivity index (χ1) is 8.25. The summed E-state index contributed by atoms with van der Waals surface area (Å²) in [6.45, 7) is 2.18. The van der Waals surface area contributed by atoms with Gasteiger partial charge in [-0.25, -0.2) is 4.39 Å². The third kappa shape index (κ3) is 1.73. The third-order valence-electron chi connectivity index (χ3n) is 3.33. The van der Waals surface area contributed by atoms with Crippen LogP contribution in [-0.2, 0) is 6.42 Å². The highest BCUT2D eigenvalue weighted by Gasteiger charge is 2.21. The molecule has 0 saturated carbocycles. The highest BCUT2D eigenvalue weighted by Crippen LogP contribution is 2.29. The van der Waals surface area contributed by atoms with Crippen LogP contribution in [0.1, 0.15) is 31.6 Å². The van der Waals surface area contributed by atoms with Crippen LogP contribution in [0.3, 0.4) is 0 Å². The van der Waals surface area contributed by atoms with E-state index in [1.165, 1.54) is 18.6 Å². The Balaban J connectivity index is 2.09. The molecule has 1 aliphatic heterocycles. The van der Waals surface area contributed by atoms with Gasteiger partial charge in [-0.1, -0.05) is 0 Å². The van der Waals surface area contributed by atoms with Crippen LogP contribution in [0.2, 0.25) is 0 Å². The Morgan fingerprint density at radius 1 is 1.24 bits per heavy atom. The lowest BCUT2D eigenvalue weighted by Gasteiger charge is -2.22. The second kappa shape index (κ2) is 3.95. The van der Waals surface area contributed by atoms with Crippen LogP contribution in [0.15, 0.2) is 24.3 Å². The normalized spacial score (nSPS) is 19.1. The Kier molecular flexibility index (Phi) is 2.42. The number of aromatic nitrogens is 3. The highest BCUT2D eigenvalue weighted by molar-refractivity contribution is 5.55. The smallest absolute Gasteiger partial charge is 0.164 e. The maximum Gasteiger partial charge on any atom is 0.164 e. The third-order valence-corrected chi connectivity index (χ3v) is 3.33. The molecular weight excluding hydrogens is 217 g/mol. The minimum Gasteiger partial charge on any atom is -0.308 e. The number of hydrogen-bond donors (Lipinski definition) is 0. The lowest BCUT2D eigenvalue weighted by atomic mass is 10.1. The number of nitrogens with zero attached hydrogens (tertiary/aromatic N) is 3. The topological polar surface area (TPSA) is 30.7 Å². The summed E-state index contributed by atoms with van der Waals surface area (Å²) in [6.07, 6.45) is 3.31. The summed E-state index contributed by atoms with van der Waals surface area (Å²) in [4.78, 5) is 0. The van der Waals surface area contributed by atoms with E-state index >= 15 is 0 Å². The molecule has 17 heavy (non-hydrogen) atoms. The minimum absolute atomic E-state index is 0.222. The van der Waals surface area contributed by atoms with Crippen LogP contribution in [-0.4, -0.2) is 14.8 Å². The molecule has 3 nitrogen and oxygen atoms in total. The Hall–Kier alpha value is -1.71. The van der Waals surface area contributed by atoms with Crippen molar-refractivity contribution < 1.29 is 4.39 Å². The number of aryl methyl sites for hydroxylation is 1. The van der Waals surface area contributed by atoms with Crippen LogP contribution in [0.4, 0.5) is 4.39 Å². The van der Waals surface area contributed by atoms with E-state index in [0.717, 1.165) is 30.1 Å². The van der Waals surface area contributed by atoms with Crippen molar-refractivity contribution >= 4 is 0 Å². The summed E-state index contributed by atoms with van der Waals surface area (Å²) in [5.41, 5.74) is 0.930. The van der Waals surface area contributed by atoms with Gasteiger partial charge < -0.3 is 4.57 Å². The maximum absolute atomic E-state index is 12.9. The van der Waals surface area contributed by atoms with E-state index in [0.29, 0.717) is 6.04 Å². The van der Waals surface area contributed by atoms with Crippen LogP contribution in [0, 0.1) is 5.82 Å². The van der Waals surface area contributed by atoms with Crippen molar-refractivity contribution in [2.45, 2.75) is 32.2 Å². The molecule has 2 aromatic rings. The molecule has 1 aliphatic rings. The molecule has 0 amide bonds. The van der Waals surface area contributed by atoms with Gasteiger partial charge in [0.25, 0.3) is 0 Å². The van der Waals surface area contributed by atoms with Crippen LogP contribution in [0.5, 0.6) is 0 Å². The van der Waals surface area contributed by atoms with Crippen LogP contribution >= 0.6 is 0 Å². The maximum atomic E-state index is 12.9. The van der Waals surface area contributed by atoms with Crippen molar-refractivity contribution in [3.63, 3.8) is 0 Å². The molecule has 0 bridgehead atoms. The standard InChI is InChI=1S/C13H14FN3/c1-9-3-2-4-12-15-16-13(17(9)12)10-5-7-11(14)8-6-10/h5-9H,2-4H2,1H3. The molecule has 1 atom stereocenters. The molecule has 1 aromatic heterocycles. The largest absolute Gasteiger partial charge is 0.308 e. The van der Waals surface area contributed by atoms with E-state index in [9.17, 15) is 4.39 Å². The van der Waals surface area contributed by atoms with E-state index in [-0.39, 0.29) is 5.82 Å².